The van der Waals surface area contributed by atoms with Crippen LogP contribution < -0.4 is 0 Å². The highest BCUT2D eigenvalue weighted by Crippen LogP contribution is 1.93. The molecule has 1 rings (SSSR count). The van der Waals surface area contributed by atoms with Gasteiger partial charge in [0.2, 0.25) is 0 Å². The van der Waals surface area contributed by atoms with Crippen molar-refractivity contribution in [3.63, 3.8) is 0 Å². The maximum atomic E-state index is 8.59. The Balaban J connectivity index is 2.70. The first-order chi connectivity index (χ1) is 4.86. The number of aliphatic hydroxyl groups is 1. The number of terminal acetylenes is 1. The summed E-state index contributed by atoms with van der Waals surface area (Å²) >= 11 is 0. The summed E-state index contributed by atoms with van der Waals surface area (Å²) in [5.74, 6) is 2.46. The summed E-state index contributed by atoms with van der Waals surface area (Å²) in [7, 11) is 0. The fourth-order valence-electron chi connectivity index (χ4n) is 0.680. The van der Waals surface area contributed by atoms with Crippen molar-refractivity contribution in [1.82, 2.24) is 9.55 Å². The Morgan fingerprint density at radius 1 is 1.80 bits per heavy atom. The van der Waals surface area contributed by atoms with E-state index in [-0.39, 0.29) is 6.61 Å². The van der Waals surface area contributed by atoms with Crippen LogP contribution in [0.5, 0.6) is 0 Å². The number of nitrogens with zero attached hydrogens (tertiary/aromatic N) is 2. The average Bonchev–Trinajstić information content (AvgIpc) is 2.37. The third-order valence-electron chi connectivity index (χ3n) is 1.12. The first kappa shape index (κ1) is 6.84. The lowest BCUT2D eigenvalue weighted by Gasteiger charge is -1.89. The number of aromatic nitrogens is 2. The third-order valence-corrected chi connectivity index (χ3v) is 1.12. The van der Waals surface area contributed by atoms with Crippen LogP contribution in [0.3, 0.4) is 0 Å². The summed E-state index contributed by atoms with van der Waals surface area (Å²) in [5, 5.41) is 8.59. The van der Waals surface area contributed by atoms with Crippen LogP contribution in [0, 0.1) is 12.3 Å². The summed E-state index contributed by atoms with van der Waals surface area (Å²) in [6.07, 6.45) is 8.37. The molecule has 0 unspecified atom stereocenters. The van der Waals surface area contributed by atoms with Crippen LogP contribution in [0.1, 0.15) is 5.69 Å². The van der Waals surface area contributed by atoms with Crippen molar-refractivity contribution in [2.45, 2.75) is 13.2 Å². The molecule has 0 atom stereocenters. The highest BCUT2D eigenvalue weighted by atomic mass is 16.3. The summed E-state index contributed by atoms with van der Waals surface area (Å²) in [6, 6.07) is 0. The van der Waals surface area contributed by atoms with Gasteiger partial charge in [-0.15, -0.1) is 6.42 Å². The molecule has 0 fully saturated rings. The van der Waals surface area contributed by atoms with Crippen molar-refractivity contribution in [2.75, 3.05) is 0 Å². The summed E-state index contributed by atoms with van der Waals surface area (Å²) in [4.78, 5) is 3.87. The molecular formula is C7H8N2O. The fourth-order valence-corrected chi connectivity index (χ4v) is 0.680. The van der Waals surface area contributed by atoms with Crippen molar-refractivity contribution in [1.29, 1.82) is 0 Å². The van der Waals surface area contributed by atoms with E-state index in [2.05, 4.69) is 10.9 Å². The van der Waals surface area contributed by atoms with Crippen LogP contribution in [-0.4, -0.2) is 14.7 Å². The van der Waals surface area contributed by atoms with Crippen molar-refractivity contribution >= 4 is 0 Å². The van der Waals surface area contributed by atoms with Crippen LogP contribution in [0.4, 0.5) is 0 Å². The molecule has 3 heteroatoms. The molecule has 3 nitrogen and oxygen atoms in total. The standard InChI is InChI=1S/C7H8N2O/c1-2-3-9-4-7(5-10)8-6-9/h1,4,6,10H,3,5H2. The predicted octanol–water partition coefficient (Wildman–Crippen LogP) is 0.00860. The van der Waals surface area contributed by atoms with Gasteiger partial charge in [-0.2, -0.15) is 0 Å². The van der Waals surface area contributed by atoms with Crippen molar-refractivity contribution < 1.29 is 5.11 Å². The Morgan fingerprint density at radius 3 is 3.10 bits per heavy atom. The number of hydrogen-bond acceptors (Lipinski definition) is 2. The van der Waals surface area contributed by atoms with Gasteiger partial charge in [-0.3, -0.25) is 0 Å². The van der Waals surface area contributed by atoms with Gasteiger partial charge in [-0.05, 0) is 0 Å². The topological polar surface area (TPSA) is 38.0 Å². The van der Waals surface area contributed by atoms with E-state index in [0.29, 0.717) is 12.2 Å². The molecule has 1 aromatic rings. The molecule has 0 aromatic carbocycles. The first-order valence-corrected chi connectivity index (χ1v) is 2.92. The summed E-state index contributed by atoms with van der Waals surface area (Å²) in [5.41, 5.74) is 0.648. The van der Waals surface area contributed by atoms with E-state index in [9.17, 15) is 0 Å². The van der Waals surface area contributed by atoms with Gasteiger partial charge in [0.05, 0.1) is 25.2 Å². The second kappa shape index (κ2) is 3.04. The van der Waals surface area contributed by atoms with Gasteiger partial charge in [0, 0.05) is 6.20 Å². The Hall–Kier alpha value is -1.27. The van der Waals surface area contributed by atoms with E-state index in [1.807, 2.05) is 0 Å². The smallest absolute Gasteiger partial charge is 0.0959 e. The Morgan fingerprint density at radius 2 is 2.60 bits per heavy atom. The molecule has 0 bridgehead atoms. The molecule has 0 saturated heterocycles. The summed E-state index contributed by atoms with van der Waals surface area (Å²) in [6.45, 7) is 0.477. The maximum absolute atomic E-state index is 8.59. The minimum absolute atomic E-state index is 0.0302. The third kappa shape index (κ3) is 1.36. The second-order valence-electron chi connectivity index (χ2n) is 1.90. The van der Waals surface area contributed by atoms with Crippen LogP contribution in [0.15, 0.2) is 12.5 Å². The molecule has 0 spiro atoms. The number of aliphatic hydroxyl groups excluding tert-OH is 1. The van der Waals surface area contributed by atoms with Gasteiger partial charge in [0.1, 0.15) is 0 Å². The van der Waals surface area contributed by atoms with Crippen molar-refractivity contribution in [3.8, 4) is 12.3 Å². The molecule has 10 heavy (non-hydrogen) atoms. The number of imidazole rings is 1. The highest BCUT2D eigenvalue weighted by molar-refractivity contribution is 4.97. The van der Waals surface area contributed by atoms with Gasteiger partial charge in [0.15, 0.2) is 0 Å². The van der Waals surface area contributed by atoms with E-state index in [0.717, 1.165) is 0 Å². The van der Waals surface area contributed by atoms with Gasteiger partial charge in [-0.1, -0.05) is 5.92 Å². The van der Waals surface area contributed by atoms with Crippen LogP contribution >= 0.6 is 0 Å². The minimum Gasteiger partial charge on any atom is -0.390 e. The fraction of sp³-hybridized carbons (Fsp3) is 0.286. The van der Waals surface area contributed by atoms with E-state index < -0.39 is 0 Å². The lowest BCUT2D eigenvalue weighted by Crippen LogP contribution is -1.89. The molecule has 0 saturated carbocycles. The Kier molecular flexibility index (Phi) is 2.08. The largest absolute Gasteiger partial charge is 0.390 e. The zero-order valence-corrected chi connectivity index (χ0v) is 5.49. The zero-order valence-electron chi connectivity index (χ0n) is 5.49. The monoisotopic (exact) mass is 136 g/mol. The SMILES string of the molecule is C#CCn1cnc(CO)c1. The van der Waals surface area contributed by atoms with Gasteiger partial charge >= 0.3 is 0 Å². The minimum atomic E-state index is -0.0302. The Bertz CT molecular complexity index is 246. The molecule has 0 aliphatic heterocycles. The zero-order chi connectivity index (χ0) is 7.40. The molecule has 1 N–H and O–H groups in total. The van der Waals surface area contributed by atoms with Gasteiger partial charge in [0.25, 0.3) is 0 Å². The van der Waals surface area contributed by atoms with E-state index in [4.69, 9.17) is 11.5 Å². The van der Waals surface area contributed by atoms with Gasteiger partial charge in [-0.25, -0.2) is 4.98 Å². The lowest BCUT2D eigenvalue weighted by molar-refractivity contribution is 0.277. The first-order valence-electron chi connectivity index (χ1n) is 2.92. The molecule has 0 aliphatic rings. The number of hydrogen-bond donors (Lipinski definition) is 1. The van der Waals surface area contributed by atoms with Gasteiger partial charge < -0.3 is 9.67 Å². The van der Waals surface area contributed by atoms with Crippen LogP contribution in [0.2, 0.25) is 0 Å². The predicted molar refractivity (Wildman–Crippen MR) is 37.0 cm³/mol. The van der Waals surface area contributed by atoms with Crippen molar-refractivity contribution in [2.24, 2.45) is 0 Å². The molecule has 0 radical (unpaired) electrons. The normalized spacial score (nSPS) is 9.20. The quantitative estimate of drug-likeness (QED) is 0.581. The van der Waals surface area contributed by atoms with E-state index in [1.54, 1.807) is 17.1 Å². The molecule has 0 aliphatic carbocycles. The van der Waals surface area contributed by atoms with Crippen LogP contribution in [0.25, 0.3) is 0 Å². The van der Waals surface area contributed by atoms with Crippen LogP contribution in [-0.2, 0) is 13.2 Å². The number of rotatable bonds is 2. The summed E-state index contributed by atoms with van der Waals surface area (Å²) < 4.78 is 1.74. The van der Waals surface area contributed by atoms with E-state index >= 15 is 0 Å². The Labute approximate surface area is 59.3 Å². The molecule has 52 valence electrons. The highest BCUT2D eigenvalue weighted by Gasteiger charge is 1.92. The molecule has 1 aromatic heterocycles. The molecule has 0 amide bonds. The maximum Gasteiger partial charge on any atom is 0.0959 e. The molecule has 1 heterocycles. The lowest BCUT2D eigenvalue weighted by atomic mass is 10.5. The average molecular weight is 136 g/mol. The molecular weight excluding hydrogens is 128 g/mol. The van der Waals surface area contributed by atoms with E-state index in [1.165, 1.54) is 0 Å². The second-order valence-corrected chi connectivity index (χ2v) is 1.90. The van der Waals surface area contributed by atoms with Crippen molar-refractivity contribution in [3.05, 3.63) is 18.2 Å².